The van der Waals surface area contributed by atoms with Gasteiger partial charge in [-0.1, -0.05) is 12.1 Å². The van der Waals surface area contributed by atoms with E-state index in [-0.39, 0.29) is 11.7 Å². The van der Waals surface area contributed by atoms with Gasteiger partial charge in [0.05, 0.1) is 6.10 Å². The molecule has 2 atom stereocenters. The summed E-state index contributed by atoms with van der Waals surface area (Å²) in [5.74, 6) is 0.597. The van der Waals surface area contributed by atoms with Crippen LogP contribution in [0.15, 0.2) is 36.7 Å². The first-order valence-corrected chi connectivity index (χ1v) is 8.36. The molecule has 0 spiro atoms. The minimum absolute atomic E-state index is 0.185. The second kappa shape index (κ2) is 7.42. The van der Waals surface area contributed by atoms with Gasteiger partial charge in [0.2, 0.25) is 0 Å². The number of halogens is 1. The van der Waals surface area contributed by atoms with Gasteiger partial charge in [-0.15, -0.1) is 0 Å². The molecule has 2 N–H and O–H groups in total. The number of likely N-dealkylation sites (tertiary alicyclic amines) is 1. The number of aromatic nitrogens is 2. The third kappa shape index (κ3) is 3.83. The van der Waals surface area contributed by atoms with Gasteiger partial charge < -0.3 is 19.7 Å². The summed E-state index contributed by atoms with van der Waals surface area (Å²) in [4.78, 5) is 6.42. The van der Waals surface area contributed by atoms with Crippen LogP contribution in [-0.4, -0.2) is 44.3 Å². The van der Waals surface area contributed by atoms with E-state index in [1.807, 2.05) is 17.8 Å². The van der Waals surface area contributed by atoms with E-state index in [0.717, 1.165) is 31.5 Å². The average Bonchev–Trinajstić information content (AvgIpc) is 3.01. The van der Waals surface area contributed by atoms with E-state index in [9.17, 15) is 14.6 Å². The fraction of sp³-hybridized carbons (Fsp3) is 0.500. The van der Waals surface area contributed by atoms with Crippen LogP contribution < -0.4 is 0 Å². The van der Waals surface area contributed by atoms with E-state index < -0.39 is 12.2 Å². The molecule has 0 aliphatic carbocycles. The molecule has 1 aliphatic heterocycles. The highest BCUT2D eigenvalue weighted by atomic mass is 19.1. The van der Waals surface area contributed by atoms with Crippen molar-refractivity contribution in [2.24, 2.45) is 13.0 Å². The molecule has 1 aromatic heterocycles. The number of aryl methyl sites for hydroxylation is 1. The molecule has 5 nitrogen and oxygen atoms in total. The molecule has 1 aliphatic rings. The minimum Gasteiger partial charge on any atom is -0.387 e. The molecule has 1 aromatic carbocycles. The first-order valence-electron chi connectivity index (χ1n) is 8.36. The largest absolute Gasteiger partial charge is 0.387 e. The lowest BCUT2D eigenvalue weighted by molar-refractivity contribution is 0.0346. The summed E-state index contributed by atoms with van der Waals surface area (Å²) in [6, 6.07) is 5.98. The van der Waals surface area contributed by atoms with Crippen LogP contribution in [-0.2, 0) is 7.05 Å². The van der Waals surface area contributed by atoms with Crippen molar-refractivity contribution in [2.45, 2.75) is 25.0 Å². The Labute approximate surface area is 141 Å². The number of nitrogens with zero attached hydrogens (tertiary/aromatic N) is 3. The Morgan fingerprint density at radius 2 is 1.88 bits per heavy atom. The van der Waals surface area contributed by atoms with Crippen molar-refractivity contribution in [1.82, 2.24) is 14.5 Å². The molecule has 2 heterocycles. The van der Waals surface area contributed by atoms with E-state index in [0.29, 0.717) is 12.4 Å². The summed E-state index contributed by atoms with van der Waals surface area (Å²) < 4.78 is 14.8. The van der Waals surface area contributed by atoms with Gasteiger partial charge in [-0.3, -0.25) is 0 Å². The summed E-state index contributed by atoms with van der Waals surface area (Å²) in [7, 11) is 1.89. The van der Waals surface area contributed by atoms with Crippen LogP contribution in [0.1, 0.15) is 36.4 Å². The molecular weight excluding hydrogens is 309 g/mol. The highest BCUT2D eigenvalue weighted by Gasteiger charge is 2.29. The van der Waals surface area contributed by atoms with Gasteiger partial charge in [-0.25, -0.2) is 9.37 Å². The van der Waals surface area contributed by atoms with Crippen LogP contribution >= 0.6 is 0 Å². The van der Waals surface area contributed by atoms with Crippen LogP contribution in [0.3, 0.4) is 0 Å². The SMILES string of the molecule is Cn1ccnc1[C@@H](O)C1CCN(C[C@@H](O)c2ccc(F)cc2)CC1. The molecule has 6 heteroatoms. The van der Waals surface area contributed by atoms with Crippen LogP contribution in [0.4, 0.5) is 4.39 Å². The van der Waals surface area contributed by atoms with Crippen molar-refractivity contribution in [3.05, 3.63) is 53.9 Å². The second-order valence-electron chi connectivity index (χ2n) is 6.55. The molecule has 1 saturated heterocycles. The monoisotopic (exact) mass is 333 g/mol. The average molecular weight is 333 g/mol. The molecular formula is C18H24FN3O2. The molecule has 1 fully saturated rings. The van der Waals surface area contributed by atoms with Crippen LogP contribution in [0, 0.1) is 11.7 Å². The van der Waals surface area contributed by atoms with Gasteiger partial charge in [-0.05, 0) is 49.5 Å². The van der Waals surface area contributed by atoms with E-state index >= 15 is 0 Å². The number of aliphatic hydroxyl groups excluding tert-OH is 2. The molecule has 3 rings (SSSR count). The first kappa shape index (κ1) is 17.1. The number of hydrogen-bond donors (Lipinski definition) is 2. The summed E-state index contributed by atoms with van der Waals surface area (Å²) in [5.41, 5.74) is 0.728. The molecule has 24 heavy (non-hydrogen) atoms. The lowest BCUT2D eigenvalue weighted by Crippen LogP contribution is -2.38. The van der Waals surface area contributed by atoms with E-state index in [4.69, 9.17) is 0 Å². The standard InChI is InChI=1S/C18H24FN3O2/c1-21-11-8-20-18(21)17(24)14-6-9-22(10-7-14)12-16(23)13-2-4-15(19)5-3-13/h2-5,8,11,14,16-17,23-24H,6-7,9-10,12H2,1H3/t16-,17+/m1/s1. The normalized spacial score (nSPS) is 19.3. The third-order valence-electron chi connectivity index (χ3n) is 4.89. The number of aliphatic hydroxyl groups is 2. The molecule has 0 radical (unpaired) electrons. The predicted octanol–water partition coefficient (Wildman–Crippen LogP) is 2.04. The molecule has 0 bridgehead atoms. The van der Waals surface area contributed by atoms with E-state index in [1.165, 1.54) is 12.1 Å². The van der Waals surface area contributed by atoms with Gasteiger partial charge in [0.1, 0.15) is 17.7 Å². The van der Waals surface area contributed by atoms with Gasteiger partial charge >= 0.3 is 0 Å². The summed E-state index contributed by atoms with van der Waals surface area (Å²) in [6.07, 6.45) is 4.10. The highest BCUT2D eigenvalue weighted by Crippen LogP contribution is 2.30. The van der Waals surface area contributed by atoms with Crippen LogP contribution in [0.5, 0.6) is 0 Å². The van der Waals surface area contributed by atoms with E-state index in [2.05, 4.69) is 9.88 Å². The number of imidazole rings is 1. The fourth-order valence-corrected chi connectivity index (χ4v) is 3.36. The maximum Gasteiger partial charge on any atom is 0.137 e. The Bertz CT molecular complexity index is 651. The lowest BCUT2D eigenvalue weighted by Gasteiger charge is -2.35. The second-order valence-corrected chi connectivity index (χ2v) is 6.55. The zero-order valence-electron chi connectivity index (χ0n) is 13.8. The smallest absolute Gasteiger partial charge is 0.137 e. The van der Waals surface area contributed by atoms with Crippen molar-refractivity contribution >= 4 is 0 Å². The number of β-amino-alcohol motifs (C(OH)–C–C–N with tert-alkyl or cyclic N) is 1. The van der Waals surface area contributed by atoms with Crippen molar-refractivity contribution in [3.63, 3.8) is 0 Å². The van der Waals surface area contributed by atoms with Crippen molar-refractivity contribution < 1.29 is 14.6 Å². The first-order chi connectivity index (χ1) is 11.5. The van der Waals surface area contributed by atoms with Crippen LogP contribution in [0.2, 0.25) is 0 Å². The Morgan fingerprint density at radius 3 is 2.46 bits per heavy atom. The lowest BCUT2D eigenvalue weighted by atomic mass is 9.90. The Morgan fingerprint density at radius 1 is 1.21 bits per heavy atom. The maximum absolute atomic E-state index is 12.9. The van der Waals surface area contributed by atoms with Gasteiger partial charge in [0, 0.05) is 26.0 Å². The summed E-state index contributed by atoms with van der Waals surface area (Å²) in [6.45, 7) is 2.17. The van der Waals surface area contributed by atoms with E-state index in [1.54, 1.807) is 18.3 Å². The minimum atomic E-state index is -0.624. The van der Waals surface area contributed by atoms with Gasteiger partial charge in [0.15, 0.2) is 0 Å². The summed E-state index contributed by atoms with van der Waals surface area (Å²) >= 11 is 0. The molecule has 2 aromatic rings. The Kier molecular flexibility index (Phi) is 5.28. The number of piperidine rings is 1. The molecule has 0 unspecified atom stereocenters. The van der Waals surface area contributed by atoms with Gasteiger partial charge in [0.25, 0.3) is 0 Å². The van der Waals surface area contributed by atoms with Crippen molar-refractivity contribution in [2.75, 3.05) is 19.6 Å². The zero-order valence-corrected chi connectivity index (χ0v) is 13.8. The molecule has 130 valence electrons. The molecule has 0 saturated carbocycles. The maximum atomic E-state index is 12.9. The third-order valence-corrected chi connectivity index (χ3v) is 4.89. The zero-order chi connectivity index (χ0) is 17.1. The Balaban J connectivity index is 1.51. The van der Waals surface area contributed by atoms with Gasteiger partial charge in [-0.2, -0.15) is 0 Å². The highest BCUT2D eigenvalue weighted by molar-refractivity contribution is 5.18. The Hall–Kier alpha value is -1.76. The number of hydrogen-bond acceptors (Lipinski definition) is 4. The summed E-state index contributed by atoms with van der Waals surface area (Å²) in [5, 5.41) is 20.8. The quantitative estimate of drug-likeness (QED) is 0.879. The predicted molar refractivity (Wildman–Crippen MR) is 88.7 cm³/mol. The number of rotatable bonds is 5. The topological polar surface area (TPSA) is 61.5 Å². The number of benzene rings is 1. The fourth-order valence-electron chi connectivity index (χ4n) is 3.36. The van der Waals surface area contributed by atoms with Crippen LogP contribution in [0.25, 0.3) is 0 Å². The van der Waals surface area contributed by atoms with Crippen molar-refractivity contribution in [3.8, 4) is 0 Å². The molecule has 0 amide bonds. The van der Waals surface area contributed by atoms with Crippen molar-refractivity contribution in [1.29, 1.82) is 0 Å².